The van der Waals surface area contributed by atoms with Crippen LogP contribution in [0.1, 0.15) is 39.0 Å². The van der Waals surface area contributed by atoms with Crippen LogP contribution in [0.5, 0.6) is 0 Å². The molecule has 0 aromatic carbocycles. The van der Waals surface area contributed by atoms with Crippen LogP contribution in [-0.4, -0.2) is 11.9 Å². The monoisotopic (exact) mass is 272 g/mol. The topological polar surface area (TPSA) is 26.3 Å². The van der Waals surface area contributed by atoms with Gasteiger partial charge in [0.05, 0.1) is 10.4 Å². The second-order valence-corrected chi connectivity index (χ2v) is 5.47. The second kappa shape index (κ2) is 4.69. The summed E-state index contributed by atoms with van der Waals surface area (Å²) in [7, 11) is 0. The molecule has 0 N–H and O–H groups in total. The Bertz CT molecular complexity index is 279. The van der Waals surface area contributed by atoms with E-state index >= 15 is 0 Å². The molecule has 0 bridgehead atoms. The van der Waals surface area contributed by atoms with Crippen LogP contribution in [0.15, 0.2) is 10.7 Å². The van der Waals surface area contributed by atoms with E-state index in [-0.39, 0.29) is 17.8 Å². The van der Waals surface area contributed by atoms with Crippen molar-refractivity contribution in [2.75, 3.05) is 0 Å². The smallest absolute Gasteiger partial charge is 0.179 e. The highest BCUT2D eigenvalue weighted by molar-refractivity contribution is 9.12. The summed E-state index contributed by atoms with van der Waals surface area (Å²) >= 11 is 3.23. The molecule has 15 heavy (non-hydrogen) atoms. The lowest BCUT2D eigenvalue weighted by Gasteiger charge is -2.35. The number of halogens is 1. The van der Waals surface area contributed by atoms with Crippen molar-refractivity contribution < 1.29 is 9.53 Å². The number of ether oxygens (including phenoxy) is 1. The number of rotatable bonds is 1. The number of allylic oxidation sites excluding steroid dienone is 1. The maximum absolute atomic E-state index is 11.8. The summed E-state index contributed by atoms with van der Waals surface area (Å²) in [6.07, 6.45) is 8.04. The predicted octanol–water partition coefficient (Wildman–Crippen LogP) is 3.41. The van der Waals surface area contributed by atoms with E-state index < -0.39 is 0 Å². The fourth-order valence-electron chi connectivity index (χ4n) is 2.66. The van der Waals surface area contributed by atoms with Gasteiger partial charge in [-0.1, -0.05) is 26.2 Å². The first-order valence-electron chi connectivity index (χ1n) is 5.75. The number of ketones is 1. The van der Waals surface area contributed by atoms with Crippen LogP contribution < -0.4 is 0 Å². The van der Waals surface area contributed by atoms with Crippen LogP contribution in [0.3, 0.4) is 0 Å². The van der Waals surface area contributed by atoms with Crippen LogP contribution in [0.2, 0.25) is 0 Å². The molecule has 1 fully saturated rings. The largest absolute Gasteiger partial charge is 0.496 e. The molecule has 1 saturated carbocycles. The Morgan fingerprint density at radius 3 is 2.67 bits per heavy atom. The molecule has 3 heteroatoms. The zero-order chi connectivity index (χ0) is 10.8. The van der Waals surface area contributed by atoms with Gasteiger partial charge in [0.2, 0.25) is 0 Å². The van der Waals surface area contributed by atoms with Crippen molar-refractivity contribution in [3.05, 3.63) is 10.7 Å². The summed E-state index contributed by atoms with van der Waals surface area (Å²) < 4.78 is 6.27. The lowest BCUT2D eigenvalue weighted by Crippen LogP contribution is -2.37. The van der Waals surface area contributed by atoms with Crippen molar-refractivity contribution in [2.45, 2.75) is 45.1 Å². The maximum Gasteiger partial charge on any atom is 0.179 e. The minimum Gasteiger partial charge on any atom is -0.496 e. The zero-order valence-electron chi connectivity index (χ0n) is 9.04. The molecule has 0 aromatic rings. The predicted molar refractivity (Wildman–Crippen MR) is 62.6 cm³/mol. The summed E-state index contributed by atoms with van der Waals surface area (Å²) in [6.45, 7) is 1.98. The Hall–Kier alpha value is -0.310. The van der Waals surface area contributed by atoms with E-state index in [2.05, 4.69) is 15.9 Å². The summed E-state index contributed by atoms with van der Waals surface area (Å²) in [5.41, 5.74) is 0. The van der Waals surface area contributed by atoms with Crippen molar-refractivity contribution in [3.63, 3.8) is 0 Å². The molecule has 2 rings (SSSR count). The summed E-state index contributed by atoms with van der Waals surface area (Å²) in [5.74, 6) is 0.777. The lowest BCUT2D eigenvalue weighted by molar-refractivity contribution is -0.125. The van der Waals surface area contributed by atoms with Gasteiger partial charge in [0.15, 0.2) is 5.78 Å². The van der Waals surface area contributed by atoms with Crippen molar-refractivity contribution in [3.8, 4) is 0 Å². The molecule has 2 nitrogen and oxygen atoms in total. The SMILES string of the molecule is C[C@H]1C(=O)C(Br)=CO[C@H]1C1CCCCC1. The molecule has 1 heterocycles. The number of hydrogen-bond donors (Lipinski definition) is 0. The Morgan fingerprint density at radius 1 is 1.33 bits per heavy atom. The molecule has 1 aliphatic carbocycles. The quantitative estimate of drug-likeness (QED) is 0.731. The van der Waals surface area contributed by atoms with Crippen molar-refractivity contribution in [1.29, 1.82) is 0 Å². The van der Waals surface area contributed by atoms with Gasteiger partial charge in [0.1, 0.15) is 12.4 Å². The van der Waals surface area contributed by atoms with E-state index in [1.807, 2.05) is 6.92 Å². The highest BCUT2D eigenvalue weighted by Crippen LogP contribution is 2.35. The van der Waals surface area contributed by atoms with Crippen LogP contribution in [0.25, 0.3) is 0 Å². The molecular weight excluding hydrogens is 256 g/mol. The standard InChI is InChI=1S/C12H17BrO2/c1-8-11(14)10(13)7-15-12(8)9-5-3-2-4-6-9/h7-9,12H,2-6H2,1H3/t8-,12+/m0/s1. The Labute approximate surface area is 99.2 Å². The van der Waals surface area contributed by atoms with E-state index in [0.717, 1.165) is 0 Å². The van der Waals surface area contributed by atoms with E-state index in [1.54, 1.807) is 6.26 Å². The van der Waals surface area contributed by atoms with Gasteiger partial charge in [-0.2, -0.15) is 0 Å². The number of carbonyl (C=O) groups excluding carboxylic acids is 1. The van der Waals surface area contributed by atoms with Gasteiger partial charge in [-0.25, -0.2) is 0 Å². The first-order chi connectivity index (χ1) is 7.20. The highest BCUT2D eigenvalue weighted by Gasteiger charge is 2.36. The molecule has 0 saturated heterocycles. The van der Waals surface area contributed by atoms with Crippen LogP contribution in [0, 0.1) is 11.8 Å². The van der Waals surface area contributed by atoms with Crippen molar-refractivity contribution in [2.24, 2.45) is 11.8 Å². The summed E-state index contributed by atoms with van der Waals surface area (Å²) in [6, 6.07) is 0. The van der Waals surface area contributed by atoms with Crippen molar-refractivity contribution >= 4 is 21.7 Å². The van der Waals surface area contributed by atoms with Gasteiger partial charge >= 0.3 is 0 Å². The second-order valence-electron chi connectivity index (χ2n) is 4.62. The van der Waals surface area contributed by atoms with Crippen LogP contribution in [-0.2, 0) is 9.53 Å². The zero-order valence-corrected chi connectivity index (χ0v) is 10.6. The minimum absolute atomic E-state index is 0.00692. The Morgan fingerprint density at radius 2 is 2.00 bits per heavy atom. The Kier molecular flexibility index (Phi) is 3.49. The molecule has 2 atom stereocenters. The third-order valence-electron chi connectivity index (χ3n) is 3.58. The average Bonchev–Trinajstić information content (AvgIpc) is 2.27. The van der Waals surface area contributed by atoms with Gasteiger partial charge in [0, 0.05) is 0 Å². The maximum atomic E-state index is 11.8. The van der Waals surface area contributed by atoms with E-state index in [1.165, 1.54) is 32.1 Å². The van der Waals surface area contributed by atoms with Crippen molar-refractivity contribution in [1.82, 2.24) is 0 Å². The normalized spacial score (nSPS) is 33.5. The number of carbonyl (C=O) groups is 1. The van der Waals surface area contributed by atoms with Crippen LogP contribution in [0.4, 0.5) is 0 Å². The fourth-order valence-corrected chi connectivity index (χ4v) is 3.13. The van der Waals surface area contributed by atoms with Gasteiger partial charge in [-0.3, -0.25) is 4.79 Å². The third-order valence-corrected chi connectivity index (χ3v) is 4.16. The molecule has 84 valence electrons. The van der Waals surface area contributed by atoms with Crippen LogP contribution >= 0.6 is 15.9 Å². The summed E-state index contributed by atoms with van der Waals surface area (Å²) in [4.78, 5) is 11.8. The molecule has 0 radical (unpaired) electrons. The fraction of sp³-hybridized carbons (Fsp3) is 0.750. The van der Waals surface area contributed by atoms with Gasteiger partial charge in [-0.15, -0.1) is 0 Å². The lowest BCUT2D eigenvalue weighted by atomic mass is 9.79. The first-order valence-corrected chi connectivity index (χ1v) is 6.55. The molecule has 1 aliphatic heterocycles. The third kappa shape index (κ3) is 2.27. The van der Waals surface area contributed by atoms with E-state index in [9.17, 15) is 4.79 Å². The average molecular weight is 273 g/mol. The van der Waals surface area contributed by atoms with Gasteiger partial charge in [0.25, 0.3) is 0 Å². The first kappa shape index (κ1) is 11.2. The molecule has 0 spiro atoms. The molecule has 2 aliphatic rings. The molecular formula is C12H17BrO2. The summed E-state index contributed by atoms with van der Waals surface area (Å²) in [5, 5.41) is 0. The number of hydrogen-bond acceptors (Lipinski definition) is 2. The minimum atomic E-state index is 0.00692. The van der Waals surface area contributed by atoms with Gasteiger partial charge in [-0.05, 0) is 34.7 Å². The highest BCUT2D eigenvalue weighted by atomic mass is 79.9. The molecule has 0 amide bonds. The molecule has 0 aromatic heterocycles. The molecule has 0 unspecified atom stereocenters. The van der Waals surface area contributed by atoms with Gasteiger partial charge < -0.3 is 4.74 Å². The van der Waals surface area contributed by atoms with E-state index in [4.69, 9.17) is 4.74 Å². The van der Waals surface area contributed by atoms with E-state index in [0.29, 0.717) is 10.4 Å². The number of Topliss-reactive ketones (excluding diaryl/α,β-unsaturated/α-hetero) is 1. The Balaban J connectivity index is 2.06.